The minimum absolute atomic E-state index is 0.00944. The van der Waals surface area contributed by atoms with Gasteiger partial charge < -0.3 is 0 Å². The van der Waals surface area contributed by atoms with Crippen molar-refractivity contribution in [2.45, 2.75) is 39.2 Å². The normalized spacial score (nSPS) is 22.5. The highest BCUT2D eigenvalue weighted by molar-refractivity contribution is 6.30. The smallest absolute Gasteiger partial charge is 0.273 e. The Kier molecular flexibility index (Phi) is 6.71. The zero-order valence-electron chi connectivity index (χ0n) is 19.2. The number of nitro groups is 1. The number of carbonyl (C=O) groups is 4. The molecule has 1 saturated carbocycles. The molecule has 10 heteroatoms. The molecule has 35 heavy (non-hydrogen) atoms. The molecular formula is C25H24ClN3O6. The first kappa shape index (κ1) is 24.5. The van der Waals surface area contributed by atoms with E-state index in [-0.39, 0.29) is 22.7 Å². The van der Waals surface area contributed by atoms with E-state index in [0.717, 1.165) is 28.6 Å². The summed E-state index contributed by atoms with van der Waals surface area (Å²) in [6.07, 6.45) is 1.86. The first-order chi connectivity index (χ1) is 16.6. The summed E-state index contributed by atoms with van der Waals surface area (Å²) in [5.74, 6) is -3.08. The number of benzene rings is 2. The molecule has 2 aromatic rings. The van der Waals surface area contributed by atoms with Gasteiger partial charge in [0.05, 0.1) is 16.8 Å². The zero-order valence-corrected chi connectivity index (χ0v) is 20.0. The maximum absolute atomic E-state index is 13.6. The molecular weight excluding hydrogens is 474 g/mol. The second-order valence-corrected chi connectivity index (χ2v) is 9.56. The maximum atomic E-state index is 13.6. The molecule has 0 spiro atoms. The third kappa shape index (κ3) is 4.55. The van der Waals surface area contributed by atoms with Crippen LogP contribution in [0.15, 0.2) is 48.5 Å². The molecule has 0 radical (unpaired) electrons. The Hall–Kier alpha value is -3.59. The molecule has 4 rings (SSSR count). The standard InChI is InChI=1S/C25H24ClN3O6/c1-14-3-12-20-21(13-14)25(33)28(24(20)32)27(15(2)22(30)16-4-8-18(26)9-5-16)23(31)17-6-10-19(11-7-17)29(34)35/h4-11,14-15,20-21H,3,12-13H2,1-2H3/t14-,15+,20+,21-/m1/s1. The van der Waals surface area contributed by atoms with Gasteiger partial charge in [0.25, 0.3) is 23.4 Å². The molecule has 1 saturated heterocycles. The van der Waals surface area contributed by atoms with E-state index in [1.54, 1.807) is 0 Å². The summed E-state index contributed by atoms with van der Waals surface area (Å²) in [7, 11) is 0. The Morgan fingerprint density at radius 3 is 2.17 bits per heavy atom. The molecule has 0 aromatic heterocycles. The van der Waals surface area contributed by atoms with Crippen LogP contribution in [-0.2, 0) is 9.59 Å². The number of hydrogen-bond donors (Lipinski definition) is 0. The highest BCUT2D eigenvalue weighted by Gasteiger charge is 2.54. The van der Waals surface area contributed by atoms with E-state index >= 15 is 0 Å². The quantitative estimate of drug-likeness (QED) is 0.254. The van der Waals surface area contributed by atoms with Gasteiger partial charge in [0.15, 0.2) is 5.78 Å². The maximum Gasteiger partial charge on any atom is 0.273 e. The molecule has 4 atom stereocenters. The number of imide groups is 1. The minimum Gasteiger partial charge on any atom is -0.292 e. The number of hydrogen-bond acceptors (Lipinski definition) is 6. The number of nitro benzene ring substituents is 1. The van der Waals surface area contributed by atoms with E-state index in [1.165, 1.54) is 43.3 Å². The van der Waals surface area contributed by atoms with Gasteiger partial charge in [-0.3, -0.25) is 29.3 Å². The molecule has 2 aromatic carbocycles. The molecule has 1 aliphatic heterocycles. The van der Waals surface area contributed by atoms with E-state index in [4.69, 9.17) is 11.6 Å². The summed E-state index contributed by atoms with van der Waals surface area (Å²) in [5, 5.41) is 13.2. The average Bonchev–Trinajstić information content (AvgIpc) is 3.08. The fourth-order valence-electron chi connectivity index (χ4n) is 4.85. The van der Waals surface area contributed by atoms with Crippen molar-refractivity contribution in [3.05, 3.63) is 74.8 Å². The highest BCUT2D eigenvalue weighted by atomic mass is 35.5. The number of ketones is 1. The van der Waals surface area contributed by atoms with Gasteiger partial charge in [-0.05, 0) is 68.5 Å². The second-order valence-electron chi connectivity index (χ2n) is 9.12. The minimum atomic E-state index is -1.20. The van der Waals surface area contributed by atoms with Crippen molar-refractivity contribution in [2.24, 2.45) is 17.8 Å². The van der Waals surface area contributed by atoms with Crippen molar-refractivity contribution < 1.29 is 24.1 Å². The summed E-state index contributed by atoms with van der Waals surface area (Å²) in [6.45, 7) is 3.47. The summed E-state index contributed by atoms with van der Waals surface area (Å²) in [4.78, 5) is 64.2. The summed E-state index contributed by atoms with van der Waals surface area (Å²) in [6, 6.07) is 9.68. The van der Waals surface area contributed by atoms with Gasteiger partial charge in [-0.15, -0.1) is 0 Å². The number of Topliss-reactive ketones (excluding diaryl/α,β-unsaturated/α-hetero) is 1. The molecule has 1 heterocycles. The van der Waals surface area contributed by atoms with Crippen LogP contribution in [0, 0.1) is 27.9 Å². The van der Waals surface area contributed by atoms with Crippen LogP contribution < -0.4 is 0 Å². The Labute approximate surface area is 206 Å². The number of rotatable bonds is 6. The summed E-state index contributed by atoms with van der Waals surface area (Å²) < 4.78 is 0. The molecule has 3 amide bonds. The number of non-ortho nitro benzene ring substituents is 1. The first-order valence-corrected chi connectivity index (χ1v) is 11.7. The predicted octanol–water partition coefficient (Wildman–Crippen LogP) is 4.30. The summed E-state index contributed by atoms with van der Waals surface area (Å²) in [5.41, 5.74) is 0.0513. The number of amides is 3. The van der Waals surface area contributed by atoms with Crippen molar-refractivity contribution in [2.75, 3.05) is 0 Å². The number of nitrogens with zero attached hydrogens (tertiary/aromatic N) is 3. The van der Waals surface area contributed by atoms with Crippen molar-refractivity contribution in [3.63, 3.8) is 0 Å². The molecule has 2 fully saturated rings. The van der Waals surface area contributed by atoms with E-state index in [9.17, 15) is 29.3 Å². The van der Waals surface area contributed by atoms with Crippen LogP contribution in [0.3, 0.4) is 0 Å². The molecule has 0 unspecified atom stereocenters. The number of hydrazine groups is 1. The Morgan fingerprint density at radius 2 is 1.57 bits per heavy atom. The van der Waals surface area contributed by atoms with E-state index in [2.05, 4.69) is 0 Å². The molecule has 182 valence electrons. The first-order valence-electron chi connectivity index (χ1n) is 11.4. The van der Waals surface area contributed by atoms with Gasteiger partial charge in [-0.25, -0.2) is 5.01 Å². The van der Waals surface area contributed by atoms with Crippen LogP contribution in [0.2, 0.25) is 5.02 Å². The monoisotopic (exact) mass is 497 g/mol. The predicted molar refractivity (Wildman–Crippen MR) is 126 cm³/mol. The van der Waals surface area contributed by atoms with Gasteiger partial charge in [-0.2, -0.15) is 5.01 Å². The van der Waals surface area contributed by atoms with Gasteiger partial charge in [0.2, 0.25) is 0 Å². The fraction of sp³-hybridized carbons (Fsp3) is 0.360. The van der Waals surface area contributed by atoms with Crippen LogP contribution in [0.25, 0.3) is 0 Å². The average molecular weight is 498 g/mol. The molecule has 2 aliphatic rings. The lowest BCUT2D eigenvalue weighted by molar-refractivity contribution is -0.384. The van der Waals surface area contributed by atoms with Crippen molar-refractivity contribution >= 4 is 40.8 Å². The molecule has 0 bridgehead atoms. The van der Waals surface area contributed by atoms with Crippen molar-refractivity contribution in [1.29, 1.82) is 0 Å². The molecule has 9 nitrogen and oxygen atoms in total. The number of halogens is 1. The third-order valence-electron chi connectivity index (χ3n) is 6.79. The van der Waals surface area contributed by atoms with Crippen LogP contribution in [0.5, 0.6) is 0 Å². The second kappa shape index (κ2) is 9.58. The number of fused-ring (bicyclic) bond motifs is 1. The molecule has 0 N–H and O–H groups in total. The zero-order chi connectivity index (χ0) is 25.4. The number of carbonyl (C=O) groups excluding carboxylic acids is 4. The van der Waals surface area contributed by atoms with Gasteiger partial charge >= 0.3 is 0 Å². The lowest BCUT2D eigenvalue weighted by atomic mass is 9.76. The highest BCUT2D eigenvalue weighted by Crippen LogP contribution is 2.41. The topological polar surface area (TPSA) is 118 Å². The van der Waals surface area contributed by atoms with E-state index < -0.39 is 46.3 Å². The van der Waals surface area contributed by atoms with Crippen LogP contribution >= 0.6 is 11.6 Å². The Balaban J connectivity index is 1.74. The van der Waals surface area contributed by atoms with Gasteiger partial charge in [0.1, 0.15) is 6.04 Å². The summed E-state index contributed by atoms with van der Waals surface area (Å²) >= 11 is 5.93. The Bertz CT molecular complexity index is 1200. The lowest BCUT2D eigenvalue weighted by Gasteiger charge is -2.34. The van der Waals surface area contributed by atoms with Crippen molar-refractivity contribution in [1.82, 2.24) is 10.0 Å². The van der Waals surface area contributed by atoms with Crippen LogP contribution in [0.4, 0.5) is 5.69 Å². The van der Waals surface area contributed by atoms with Gasteiger partial charge in [-0.1, -0.05) is 18.5 Å². The largest absolute Gasteiger partial charge is 0.292 e. The lowest BCUT2D eigenvalue weighted by Crippen LogP contribution is -2.56. The van der Waals surface area contributed by atoms with Gasteiger partial charge in [0, 0.05) is 28.3 Å². The van der Waals surface area contributed by atoms with Crippen molar-refractivity contribution in [3.8, 4) is 0 Å². The van der Waals surface area contributed by atoms with E-state index in [1.807, 2.05) is 6.92 Å². The fourth-order valence-corrected chi connectivity index (χ4v) is 4.97. The third-order valence-corrected chi connectivity index (χ3v) is 7.04. The van der Waals surface area contributed by atoms with E-state index in [0.29, 0.717) is 17.9 Å². The van der Waals surface area contributed by atoms with Crippen LogP contribution in [0.1, 0.15) is 53.8 Å². The molecule has 1 aliphatic carbocycles. The SMILES string of the molecule is C[C@@H]1CC[C@@H]2C(=O)N(N(C(=O)c3ccc([N+](=O)[O-])cc3)[C@@H](C)C(=O)c3ccc(Cl)cc3)C(=O)[C@@H]2C1. The van der Waals surface area contributed by atoms with Crippen LogP contribution in [-0.4, -0.2) is 44.5 Å². The Morgan fingerprint density at radius 1 is 1.00 bits per heavy atom.